The molecule has 1 aromatic heterocycles. The molecule has 1 heterocycles. The van der Waals surface area contributed by atoms with Crippen LogP contribution in [0.3, 0.4) is 0 Å². The van der Waals surface area contributed by atoms with Gasteiger partial charge in [-0.2, -0.15) is 15.0 Å². The van der Waals surface area contributed by atoms with E-state index in [4.69, 9.17) is 14.6 Å². The molecule has 1 rings (SSSR count). The fraction of sp³-hybridized carbons (Fsp3) is 0.750. The van der Waals surface area contributed by atoms with Crippen molar-refractivity contribution < 1.29 is 14.6 Å². The van der Waals surface area contributed by atoms with Crippen molar-refractivity contribution in [3.8, 4) is 6.01 Å². The lowest BCUT2D eigenvalue weighted by Gasteiger charge is -2.09. The number of ether oxygens (including phenoxy) is 2. The smallest absolute Gasteiger partial charge is 0.322 e. The van der Waals surface area contributed by atoms with Crippen molar-refractivity contribution >= 4 is 11.9 Å². The predicted molar refractivity (Wildman–Crippen MR) is 76.2 cm³/mol. The lowest BCUT2D eigenvalue weighted by atomic mass is 10.4. The highest BCUT2D eigenvalue weighted by molar-refractivity contribution is 5.35. The molecule has 3 N–H and O–H groups in total. The number of rotatable bonds is 11. The number of hydrogen-bond donors (Lipinski definition) is 3. The first-order valence-electron chi connectivity index (χ1n) is 6.76. The first-order valence-corrected chi connectivity index (χ1v) is 6.76. The highest BCUT2D eigenvalue weighted by atomic mass is 16.5. The van der Waals surface area contributed by atoms with Crippen LogP contribution in [-0.4, -0.2) is 60.1 Å². The number of nitrogens with one attached hydrogen (secondary N) is 2. The molecule has 0 amide bonds. The zero-order valence-electron chi connectivity index (χ0n) is 12.1. The van der Waals surface area contributed by atoms with Crippen LogP contribution in [0.25, 0.3) is 0 Å². The predicted octanol–water partition coefficient (Wildman–Crippen LogP) is 0.513. The Hall–Kier alpha value is -1.67. The molecule has 0 saturated carbocycles. The Kier molecular flexibility index (Phi) is 8.32. The van der Waals surface area contributed by atoms with Gasteiger partial charge in [0.15, 0.2) is 0 Å². The molecule has 20 heavy (non-hydrogen) atoms. The first kappa shape index (κ1) is 16.4. The quantitative estimate of drug-likeness (QED) is 0.506. The highest BCUT2D eigenvalue weighted by Gasteiger charge is 2.05. The van der Waals surface area contributed by atoms with E-state index in [9.17, 15) is 0 Å². The molecule has 0 atom stereocenters. The summed E-state index contributed by atoms with van der Waals surface area (Å²) in [6, 6.07) is 0.276. The Bertz CT molecular complexity index is 378. The van der Waals surface area contributed by atoms with Crippen molar-refractivity contribution in [1.29, 1.82) is 0 Å². The van der Waals surface area contributed by atoms with Crippen LogP contribution in [0.4, 0.5) is 11.9 Å². The molecule has 114 valence electrons. The van der Waals surface area contributed by atoms with Crippen molar-refractivity contribution in [2.75, 3.05) is 50.7 Å². The maximum absolute atomic E-state index is 8.57. The summed E-state index contributed by atoms with van der Waals surface area (Å²) < 4.78 is 10.2. The second-order valence-corrected chi connectivity index (χ2v) is 4.01. The van der Waals surface area contributed by atoms with Crippen LogP contribution in [0, 0.1) is 0 Å². The molecule has 0 aromatic carbocycles. The third-order valence-corrected chi connectivity index (χ3v) is 2.31. The molecule has 8 nitrogen and oxygen atoms in total. The summed E-state index contributed by atoms with van der Waals surface area (Å²) in [6.07, 6.45) is 1.78. The minimum Gasteiger partial charge on any atom is -0.467 e. The van der Waals surface area contributed by atoms with E-state index in [1.165, 1.54) is 7.11 Å². The Morgan fingerprint density at radius 3 is 2.35 bits per heavy atom. The summed E-state index contributed by atoms with van der Waals surface area (Å²) >= 11 is 0. The van der Waals surface area contributed by atoms with Crippen molar-refractivity contribution in [2.45, 2.75) is 19.8 Å². The van der Waals surface area contributed by atoms with Crippen LogP contribution in [0.15, 0.2) is 0 Å². The van der Waals surface area contributed by atoms with Gasteiger partial charge in [0.1, 0.15) is 0 Å². The maximum atomic E-state index is 8.57. The van der Waals surface area contributed by atoms with Gasteiger partial charge in [0.2, 0.25) is 11.9 Å². The molecule has 0 aliphatic heterocycles. The average Bonchev–Trinajstić information content (AvgIpc) is 2.48. The zero-order chi connectivity index (χ0) is 14.6. The fourth-order valence-electron chi connectivity index (χ4n) is 1.38. The van der Waals surface area contributed by atoms with Crippen LogP contribution in [0.2, 0.25) is 0 Å². The van der Waals surface area contributed by atoms with Crippen molar-refractivity contribution in [1.82, 2.24) is 15.0 Å². The Labute approximate surface area is 118 Å². The SMILES string of the molecule is CCCNc1nc(NCCCOCCO)nc(OC)n1. The zero-order valence-corrected chi connectivity index (χ0v) is 12.1. The van der Waals surface area contributed by atoms with Crippen molar-refractivity contribution in [3.63, 3.8) is 0 Å². The number of nitrogens with zero attached hydrogens (tertiary/aromatic N) is 3. The Morgan fingerprint density at radius 2 is 1.75 bits per heavy atom. The lowest BCUT2D eigenvalue weighted by Crippen LogP contribution is -2.12. The van der Waals surface area contributed by atoms with Gasteiger partial charge >= 0.3 is 6.01 Å². The third kappa shape index (κ3) is 6.48. The Morgan fingerprint density at radius 1 is 1.05 bits per heavy atom. The molecule has 0 unspecified atom stereocenters. The van der Waals surface area contributed by atoms with Crippen LogP contribution in [-0.2, 0) is 4.74 Å². The molecule has 8 heteroatoms. The number of aliphatic hydroxyl groups excluding tert-OH is 1. The van der Waals surface area contributed by atoms with Gasteiger partial charge in [-0.1, -0.05) is 6.92 Å². The minimum atomic E-state index is 0.0462. The van der Waals surface area contributed by atoms with Crippen molar-refractivity contribution in [3.05, 3.63) is 0 Å². The minimum absolute atomic E-state index is 0.0462. The molecule has 0 saturated heterocycles. The van der Waals surface area contributed by atoms with Gasteiger partial charge in [-0.05, 0) is 12.8 Å². The summed E-state index contributed by atoms with van der Waals surface area (Å²) in [5.41, 5.74) is 0. The summed E-state index contributed by atoms with van der Waals surface area (Å²) in [7, 11) is 1.52. The van der Waals surface area contributed by atoms with Crippen LogP contribution in [0.5, 0.6) is 6.01 Å². The molecule has 0 aliphatic carbocycles. The summed E-state index contributed by atoms with van der Waals surface area (Å²) in [5.74, 6) is 0.968. The maximum Gasteiger partial charge on any atom is 0.322 e. The van der Waals surface area contributed by atoms with E-state index in [1.807, 2.05) is 0 Å². The standard InChI is InChI=1S/C12H23N5O3/c1-3-5-13-10-15-11(17-12(16-10)19-2)14-6-4-8-20-9-7-18/h18H,3-9H2,1-2H3,(H2,13,14,15,16,17). The van der Waals surface area contributed by atoms with E-state index >= 15 is 0 Å². The monoisotopic (exact) mass is 285 g/mol. The molecule has 0 bridgehead atoms. The molecule has 0 fully saturated rings. The number of methoxy groups -OCH3 is 1. The molecular weight excluding hydrogens is 262 g/mol. The topological polar surface area (TPSA) is 101 Å². The normalized spacial score (nSPS) is 10.3. The van der Waals surface area contributed by atoms with E-state index in [2.05, 4.69) is 32.5 Å². The molecule has 0 aliphatic rings. The average molecular weight is 285 g/mol. The molecule has 0 spiro atoms. The third-order valence-electron chi connectivity index (χ3n) is 2.31. The van der Waals surface area contributed by atoms with E-state index in [-0.39, 0.29) is 12.6 Å². The number of anilines is 2. The van der Waals surface area contributed by atoms with E-state index in [1.54, 1.807) is 0 Å². The summed E-state index contributed by atoms with van der Waals surface area (Å²) in [6.45, 7) is 4.52. The largest absolute Gasteiger partial charge is 0.467 e. The van der Waals surface area contributed by atoms with E-state index in [0.717, 1.165) is 19.4 Å². The molecule has 1 aromatic rings. The van der Waals surface area contributed by atoms with Gasteiger partial charge in [-0.15, -0.1) is 0 Å². The van der Waals surface area contributed by atoms with E-state index < -0.39 is 0 Å². The summed E-state index contributed by atoms with van der Waals surface area (Å²) in [5, 5.41) is 14.8. The van der Waals surface area contributed by atoms with Crippen molar-refractivity contribution in [2.24, 2.45) is 0 Å². The highest BCUT2D eigenvalue weighted by Crippen LogP contribution is 2.10. The number of hydrogen-bond acceptors (Lipinski definition) is 8. The van der Waals surface area contributed by atoms with Gasteiger partial charge in [0, 0.05) is 19.7 Å². The van der Waals surface area contributed by atoms with Gasteiger partial charge < -0.3 is 25.2 Å². The second-order valence-electron chi connectivity index (χ2n) is 4.01. The van der Waals surface area contributed by atoms with Crippen LogP contribution < -0.4 is 15.4 Å². The van der Waals surface area contributed by atoms with E-state index in [0.29, 0.717) is 31.7 Å². The van der Waals surface area contributed by atoms with Gasteiger partial charge in [0.25, 0.3) is 0 Å². The lowest BCUT2D eigenvalue weighted by molar-refractivity contribution is 0.0921. The molecular formula is C12H23N5O3. The summed E-state index contributed by atoms with van der Waals surface area (Å²) in [4.78, 5) is 12.5. The van der Waals surface area contributed by atoms with Gasteiger partial charge in [0.05, 0.1) is 20.3 Å². The first-order chi connectivity index (χ1) is 9.80. The van der Waals surface area contributed by atoms with Crippen LogP contribution in [0.1, 0.15) is 19.8 Å². The Balaban J connectivity index is 2.42. The second kappa shape index (κ2) is 10.2. The molecule has 0 radical (unpaired) electrons. The fourth-order valence-corrected chi connectivity index (χ4v) is 1.38. The number of aliphatic hydroxyl groups is 1. The van der Waals surface area contributed by atoms with Crippen LogP contribution >= 0.6 is 0 Å². The van der Waals surface area contributed by atoms with Gasteiger partial charge in [-0.25, -0.2) is 0 Å². The van der Waals surface area contributed by atoms with Gasteiger partial charge in [-0.3, -0.25) is 0 Å². The number of aromatic nitrogens is 3.